The third kappa shape index (κ3) is 4.62. The van der Waals surface area contributed by atoms with E-state index in [9.17, 15) is 10.2 Å². The van der Waals surface area contributed by atoms with Gasteiger partial charge in [-0.15, -0.1) is 11.3 Å². The summed E-state index contributed by atoms with van der Waals surface area (Å²) < 4.78 is 5.16. The Kier molecular flexibility index (Phi) is 5.37. The number of aromatic nitrogens is 1. The average Bonchev–Trinajstić information content (AvgIpc) is 3.05. The van der Waals surface area contributed by atoms with Gasteiger partial charge in [0.2, 0.25) is 0 Å². The summed E-state index contributed by atoms with van der Waals surface area (Å²) in [5.41, 5.74) is 7.91. The largest absolute Gasteiger partial charge is 0.508 e. The van der Waals surface area contributed by atoms with Gasteiger partial charge >= 0.3 is 0 Å². The number of nitrogens with one attached hydrogen (secondary N) is 2. The molecule has 0 aliphatic heterocycles. The predicted octanol–water partition coefficient (Wildman–Crippen LogP) is 3.27. The number of methoxy groups -OCH3 is 1. The molecule has 3 rings (SSSR count). The number of ether oxygens (including phenoxy) is 1. The third-order valence-electron chi connectivity index (χ3n) is 3.63. The van der Waals surface area contributed by atoms with Gasteiger partial charge in [-0.3, -0.25) is 5.43 Å². The molecule has 1 aromatic heterocycles. The Morgan fingerprint density at radius 2 is 1.92 bits per heavy atom. The summed E-state index contributed by atoms with van der Waals surface area (Å²) in [5.74, 6) is 0.933. The number of nitrogens with zero attached hydrogens (tertiary/aromatic N) is 1. The summed E-state index contributed by atoms with van der Waals surface area (Å²) in [6.45, 7) is 0.402. The second kappa shape index (κ2) is 7.87. The molecular weight excluding hydrogens is 338 g/mol. The lowest BCUT2D eigenvalue weighted by Crippen LogP contribution is -2.20. The molecule has 0 aliphatic rings. The number of hydrogen-bond donors (Lipinski definition) is 4. The first-order chi connectivity index (χ1) is 12.1. The van der Waals surface area contributed by atoms with E-state index in [1.165, 1.54) is 17.7 Å². The van der Waals surface area contributed by atoms with Crippen molar-refractivity contribution >= 4 is 16.5 Å². The van der Waals surface area contributed by atoms with Gasteiger partial charge in [-0.2, -0.15) is 0 Å². The van der Waals surface area contributed by atoms with Crippen LogP contribution in [0.4, 0.5) is 5.13 Å². The molecule has 0 spiro atoms. The first kappa shape index (κ1) is 17.1. The Morgan fingerprint density at radius 3 is 2.64 bits per heavy atom. The van der Waals surface area contributed by atoms with Gasteiger partial charge in [0, 0.05) is 35.7 Å². The van der Waals surface area contributed by atoms with Crippen LogP contribution in [0.15, 0.2) is 48.7 Å². The molecule has 0 saturated carbocycles. The number of phenols is 2. The van der Waals surface area contributed by atoms with Crippen LogP contribution in [0.1, 0.15) is 16.0 Å². The molecule has 0 atom stereocenters. The molecule has 6 nitrogen and oxygen atoms in total. The standard InChI is InChI=1S/C18H19N3O3S/c1-24-15-6-2-12(3-7-15)8-16-11-19-18(25-16)21-20-10-13-4-5-14(22)9-17(13)23/h2-7,9,11,20,22-23H,8,10H2,1H3,(H,19,21). The third-order valence-corrected chi connectivity index (χ3v) is 4.55. The maximum Gasteiger partial charge on any atom is 0.197 e. The molecule has 0 radical (unpaired) electrons. The molecule has 0 saturated heterocycles. The van der Waals surface area contributed by atoms with Crippen molar-refractivity contribution in [2.24, 2.45) is 0 Å². The zero-order chi connectivity index (χ0) is 17.6. The van der Waals surface area contributed by atoms with E-state index in [0.717, 1.165) is 22.2 Å². The minimum absolute atomic E-state index is 0.0392. The van der Waals surface area contributed by atoms with E-state index in [-0.39, 0.29) is 11.5 Å². The van der Waals surface area contributed by atoms with E-state index < -0.39 is 0 Å². The van der Waals surface area contributed by atoms with Gasteiger partial charge in [0.15, 0.2) is 5.13 Å². The summed E-state index contributed by atoms with van der Waals surface area (Å²) in [5, 5.41) is 19.8. The lowest BCUT2D eigenvalue weighted by molar-refractivity contribution is 0.414. The summed E-state index contributed by atoms with van der Waals surface area (Å²) >= 11 is 1.56. The molecule has 7 heteroatoms. The number of hydrogen-bond acceptors (Lipinski definition) is 7. The Morgan fingerprint density at radius 1 is 1.12 bits per heavy atom. The van der Waals surface area contributed by atoms with Gasteiger partial charge < -0.3 is 14.9 Å². The number of thiazole rings is 1. The van der Waals surface area contributed by atoms with E-state index in [1.54, 1.807) is 24.5 Å². The van der Waals surface area contributed by atoms with Crippen LogP contribution in [0.2, 0.25) is 0 Å². The number of rotatable bonds is 7. The minimum Gasteiger partial charge on any atom is -0.508 e. The fraction of sp³-hybridized carbons (Fsp3) is 0.167. The van der Waals surface area contributed by atoms with Crippen LogP contribution in [-0.2, 0) is 13.0 Å². The second-order valence-corrected chi connectivity index (χ2v) is 6.56. The smallest absolute Gasteiger partial charge is 0.197 e. The van der Waals surface area contributed by atoms with Crippen LogP contribution in [0.3, 0.4) is 0 Å². The summed E-state index contributed by atoms with van der Waals surface area (Å²) in [4.78, 5) is 5.47. The van der Waals surface area contributed by atoms with E-state index >= 15 is 0 Å². The molecule has 0 bridgehead atoms. The summed E-state index contributed by atoms with van der Waals surface area (Å²) in [6.07, 6.45) is 2.65. The van der Waals surface area contributed by atoms with Crippen molar-refractivity contribution < 1.29 is 14.9 Å². The van der Waals surface area contributed by atoms with Gasteiger partial charge in [0.05, 0.1) is 7.11 Å². The summed E-state index contributed by atoms with van der Waals surface area (Å²) in [7, 11) is 1.65. The molecule has 130 valence electrons. The summed E-state index contributed by atoms with van der Waals surface area (Å²) in [6, 6.07) is 12.5. The topological polar surface area (TPSA) is 86.6 Å². The molecule has 0 unspecified atom stereocenters. The highest BCUT2D eigenvalue weighted by Crippen LogP contribution is 2.23. The lowest BCUT2D eigenvalue weighted by atomic mass is 10.1. The van der Waals surface area contributed by atoms with Crippen molar-refractivity contribution in [3.8, 4) is 17.2 Å². The fourth-order valence-electron chi connectivity index (χ4n) is 2.31. The molecule has 25 heavy (non-hydrogen) atoms. The predicted molar refractivity (Wildman–Crippen MR) is 98.1 cm³/mol. The molecule has 4 N–H and O–H groups in total. The maximum absolute atomic E-state index is 9.74. The SMILES string of the molecule is COc1ccc(Cc2cnc(NNCc3ccc(O)cc3O)s2)cc1. The van der Waals surface area contributed by atoms with Gasteiger partial charge in [-0.1, -0.05) is 18.2 Å². The molecule has 0 fully saturated rings. The van der Waals surface area contributed by atoms with E-state index in [4.69, 9.17) is 4.74 Å². The zero-order valence-corrected chi connectivity index (χ0v) is 14.5. The van der Waals surface area contributed by atoms with Crippen molar-refractivity contribution in [2.45, 2.75) is 13.0 Å². The Hall–Kier alpha value is -2.77. The van der Waals surface area contributed by atoms with Gasteiger partial charge in [-0.25, -0.2) is 10.4 Å². The minimum atomic E-state index is 0.0392. The number of phenolic OH excluding ortho intramolecular Hbond substituents is 2. The van der Waals surface area contributed by atoms with Crippen molar-refractivity contribution in [3.05, 3.63) is 64.7 Å². The Balaban J connectivity index is 1.52. The van der Waals surface area contributed by atoms with Gasteiger partial charge in [-0.05, 0) is 23.8 Å². The normalized spacial score (nSPS) is 10.6. The monoisotopic (exact) mass is 357 g/mol. The Labute approximate surface area is 149 Å². The van der Waals surface area contributed by atoms with Crippen LogP contribution in [0.25, 0.3) is 0 Å². The number of benzene rings is 2. The highest BCUT2D eigenvalue weighted by atomic mass is 32.1. The second-order valence-electron chi connectivity index (χ2n) is 5.45. The molecule has 1 heterocycles. The van der Waals surface area contributed by atoms with E-state index in [0.29, 0.717) is 12.1 Å². The van der Waals surface area contributed by atoms with Crippen LogP contribution in [0, 0.1) is 0 Å². The van der Waals surface area contributed by atoms with Crippen LogP contribution >= 0.6 is 11.3 Å². The first-order valence-corrected chi connectivity index (χ1v) is 8.53. The van der Waals surface area contributed by atoms with Crippen LogP contribution in [0.5, 0.6) is 17.2 Å². The Bertz CT molecular complexity index is 834. The van der Waals surface area contributed by atoms with Crippen LogP contribution < -0.4 is 15.6 Å². The van der Waals surface area contributed by atoms with Crippen molar-refractivity contribution in [2.75, 3.05) is 12.5 Å². The highest BCUT2D eigenvalue weighted by Gasteiger charge is 2.05. The van der Waals surface area contributed by atoms with Crippen molar-refractivity contribution in [3.63, 3.8) is 0 Å². The molecular formula is C18H19N3O3S. The number of hydrazine groups is 1. The van der Waals surface area contributed by atoms with E-state index in [1.807, 2.05) is 30.5 Å². The fourth-order valence-corrected chi connectivity index (χ4v) is 3.13. The molecule has 3 aromatic rings. The average molecular weight is 357 g/mol. The highest BCUT2D eigenvalue weighted by molar-refractivity contribution is 7.15. The molecule has 2 aromatic carbocycles. The lowest BCUT2D eigenvalue weighted by Gasteiger charge is -2.07. The van der Waals surface area contributed by atoms with Gasteiger partial charge in [0.1, 0.15) is 17.2 Å². The van der Waals surface area contributed by atoms with Crippen LogP contribution in [-0.4, -0.2) is 22.3 Å². The van der Waals surface area contributed by atoms with Crippen molar-refractivity contribution in [1.82, 2.24) is 10.4 Å². The van der Waals surface area contributed by atoms with E-state index in [2.05, 4.69) is 15.8 Å². The first-order valence-electron chi connectivity index (χ1n) is 7.71. The molecule has 0 amide bonds. The van der Waals surface area contributed by atoms with Crippen molar-refractivity contribution in [1.29, 1.82) is 0 Å². The molecule has 0 aliphatic carbocycles. The number of aromatic hydroxyl groups is 2. The quantitative estimate of drug-likeness (QED) is 0.486. The zero-order valence-electron chi connectivity index (χ0n) is 13.7. The number of anilines is 1. The van der Waals surface area contributed by atoms with Gasteiger partial charge in [0.25, 0.3) is 0 Å². The maximum atomic E-state index is 9.74.